The van der Waals surface area contributed by atoms with Gasteiger partial charge in [-0.15, -0.1) is 22.2 Å². The Morgan fingerprint density at radius 3 is 1.04 bits per heavy atom. The third kappa shape index (κ3) is 5.18. The minimum atomic E-state index is -1.68. The van der Waals surface area contributed by atoms with E-state index in [9.17, 15) is 0 Å². The van der Waals surface area contributed by atoms with Gasteiger partial charge in [-0.05, 0) is 28.3 Å². The van der Waals surface area contributed by atoms with E-state index in [4.69, 9.17) is 22.2 Å². The Kier molecular flexibility index (Phi) is 8.35. The second kappa shape index (κ2) is 7.83. The maximum atomic E-state index is 6.92. The van der Waals surface area contributed by atoms with Crippen LogP contribution in [0, 0.1) is 0 Å². The lowest BCUT2D eigenvalue weighted by molar-refractivity contribution is 0.635. The highest BCUT2D eigenvalue weighted by Crippen LogP contribution is 2.53. The van der Waals surface area contributed by atoms with Crippen LogP contribution in [-0.2, 0) is 0 Å². The molecule has 0 N–H and O–H groups in total. The largest absolute Gasteiger partial charge is 0.269 e. The summed E-state index contributed by atoms with van der Waals surface area (Å²) in [6.07, 6.45) is 0. The van der Waals surface area contributed by atoms with Crippen LogP contribution >= 0.6 is 22.2 Å². The molecule has 0 rings (SSSR count). The minimum absolute atomic E-state index is 0.331. The summed E-state index contributed by atoms with van der Waals surface area (Å²) in [7, 11) is -2.23. The molecule has 0 aromatic carbocycles. The molecule has 0 amide bonds. The summed E-state index contributed by atoms with van der Waals surface area (Å²) in [5, 5.41) is 1.40. The monoisotopic (exact) mass is 468 g/mol. The van der Waals surface area contributed by atoms with E-state index in [0.717, 1.165) is 8.13 Å². The van der Waals surface area contributed by atoms with Crippen molar-refractivity contribution in [1.82, 2.24) is 0 Å². The molecule has 7 heteroatoms. The normalized spacial score (nSPS) is 16.6. The molecule has 0 fully saturated rings. The summed E-state index contributed by atoms with van der Waals surface area (Å²) >= 11 is 13.8. The zero-order valence-electron chi connectivity index (χ0n) is 19.3. The molecular weight excluding hydrogens is 428 g/mol. The molecule has 0 nitrogen and oxygen atoms in total. The second-order valence-corrected chi connectivity index (χ2v) is 48.3. The lowest BCUT2D eigenvalue weighted by atomic mass is 10.2. The Morgan fingerprint density at radius 2 is 0.880 bits per heavy atom. The molecule has 0 bridgehead atoms. The van der Waals surface area contributed by atoms with Gasteiger partial charge in [0.1, 0.15) is 0 Å². The molecule has 25 heavy (non-hydrogen) atoms. The maximum absolute atomic E-state index is 6.92. The lowest BCUT2D eigenvalue weighted by Crippen LogP contribution is -2.66. The Bertz CT molecular complexity index is 472. The lowest BCUT2D eigenvalue weighted by Gasteiger charge is -2.54. The Labute approximate surface area is 175 Å². The second-order valence-electron chi connectivity index (χ2n) is 12.0. The first-order valence-corrected chi connectivity index (χ1v) is 24.4. The standard InChI is InChI=1S/C18H42Cl2Si5/c1-15(2,3)24(13,16(4,5)6)21-23(22(19)20)25(14,17(7,8)9)18(10,11)12/h1-14H3. The highest BCUT2D eigenvalue weighted by atomic mass is 35.7. The molecular formula is C18H42Cl2Si5. The fourth-order valence-corrected chi connectivity index (χ4v) is 94.3. The van der Waals surface area contributed by atoms with Crippen molar-refractivity contribution < 1.29 is 0 Å². The van der Waals surface area contributed by atoms with Gasteiger partial charge in [-0.1, -0.05) is 96.2 Å². The summed E-state index contributed by atoms with van der Waals surface area (Å²) in [5.74, 6) is 0. The zero-order valence-corrected chi connectivity index (χ0v) is 25.8. The third-order valence-corrected chi connectivity index (χ3v) is 72.7. The van der Waals surface area contributed by atoms with E-state index in [1.807, 2.05) is 0 Å². The Balaban J connectivity index is 7.00. The van der Waals surface area contributed by atoms with Gasteiger partial charge in [0, 0.05) is 6.93 Å². The van der Waals surface area contributed by atoms with Crippen molar-refractivity contribution in [1.29, 1.82) is 0 Å². The molecule has 0 spiro atoms. The molecule has 2 radical (unpaired) electrons. The summed E-state index contributed by atoms with van der Waals surface area (Å²) in [6, 6.07) is 0. The predicted octanol–water partition coefficient (Wildman–Crippen LogP) is 7.66. The van der Waals surface area contributed by atoms with Gasteiger partial charge in [0.2, 0.25) is 0 Å². The Morgan fingerprint density at radius 1 is 0.600 bits per heavy atom. The van der Waals surface area contributed by atoms with Crippen LogP contribution in [0.3, 0.4) is 0 Å². The van der Waals surface area contributed by atoms with Crippen molar-refractivity contribution in [3.05, 3.63) is 0 Å². The predicted molar refractivity (Wildman–Crippen MR) is 131 cm³/mol. The van der Waals surface area contributed by atoms with E-state index < -0.39 is 29.0 Å². The van der Waals surface area contributed by atoms with E-state index in [0.29, 0.717) is 20.2 Å². The van der Waals surface area contributed by atoms with E-state index in [2.05, 4.69) is 96.2 Å². The fourth-order valence-electron chi connectivity index (χ4n) is 3.99. The molecule has 0 aliphatic carbocycles. The summed E-state index contributed by atoms with van der Waals surface area (Å²) < 4.78 is 0. The summed E-state index contributed by atoms with van der Waals surface area (Å²) in [5.41, 5.74) is 0. The quantitative estimate of drug-likeness (QED) is 0.294. The zero-order chi connectivity index (χ0) is 20.9. The molecule has 0 heterocycles. The molecule has 0 atom stereocenters. The highest BCUT2D eigenvalue weighted by Gasteiger charge is 2.56. The third-order valence-electron chi connectivity index (χ3n) is 7.06. The van der Waals surface area contributed by atoms with Crippen LogP contribution in [-0.4, -0.2) is 37.2 Å². The average Bonchev–Trinajstić information content (AvgIpc) is 2.28. The first-order chi connectivity index (χ1) is 10.5. The Hall–Kier alpha value is 1.66. The molecule has 0 saturated heterocycles. The fraction of sp³-hybridized carbons (Fsp3) is 1.00. The average molecular weight is 470 g/mol. The van der Waals surface area contributed by atoms with Gasteiger partial charge in [0.05, 0.1) is 15.2 Å². The van der Waals surface area contributed by atoms with E-state index in [1.165, 1.54) is 0 Å². The van der Waals surface area contributed by atoms with Gasteiger partial charge in [0.15, 0.2) is 0 Å². The highest BCUT2D eigenvalue weighted by molar-refractivity contribution is 7.81. The maximum Gasteiger partial charge on any atom is 0.269 e. The van der Waals surface area contributed by atoms with Crippen molar-refractivity contribution in [2.24, 2.45) is 0 Å². The summed E-state index contributed by atoms with van der Waals surface area (Å²) in [6.45, 7) is 32.8. The van der Waals surface area contributed by atoms with Crippen LogP contribution in [0.4, 0.5) is 0 Å². The van der Waals surface area contributed by atoms with Gasteiger partial charge in [-0.2, -0.15) is 0 Å². The molecule has 0 unspecified atom stereocenters. The van der Waals surface area contributed by atoms with Crippen LogP contribution < -0.4 is 0 Å². The number of hydrogen-bond donors (Lipinski definition) is 0. The van der Waals surface area contributed by atoms with Crippen LogP contribution in [0.15, 0.2) is 0 Å². The van der Waals surface area contributed by atoms with Crippen LogP contribution in [0.1, 0.15) is 83.1 Å². The number of halogens is 2. The molecule has 0 saturated carbocycles. The van der Waals surface area contributed by atoms with Gasteiger partial charge in [-0.25, -0.2) is 0 Å². The minimum Gasteiger partial charge on any atom is -0.147 e. The molecule has 148 valence electrons. The van der Waals surface area contributed by atoms with Crippen molar-refractivity contribution in [3.8, 4) is 0 Å². The molecule has 0 aromatic rings. The van der Waals surface area contributed by atoms with Crippen LogP contribution in [0.2, 0.25) is 33.2 Å². The first-order valence-electron chi connectivity index (χ1n) is 9.38. The van der Waals surface area contributed by atoms with E-state index >= 15 is 0 Å². The topological polar surface area (TPSA) is 0 Å². The van der Waals surface area contributed by atoms with Gasteiger partial charge >= 0.3 is 0 Å². The van der Waals surface area contributed by atoms with Crippen molar-refractivity contribution in [2.45, 2.75) is 116 Å². The van der Waals surface area contributed by atoms with E-state index in [-0.39, 0.29) is 0 Å². The molecule has 0 aromatic heterocycles. The van der Waals surface area contributed by atoms with Crippen molar-refractivity contribution in [3.63, 3.8) is 0 Å². The number of rotatable bonds is 3. The van der Waals surface area contributed by atoms with Crippen LogP contribution in [0.5, 0.6) is 0 Å². The van der Waals surface area contributed by atoms with Crippen molar-refractivity contribution >= 4 is 59.3 Å². The summed E-state index contributed by atoms with van der Waals surface area (Å²) in [4.78, 5) is 0. The first kappa shape index (κ1) is 26.7. The van der Waals surface area contributed by atoms with Crippen LogP contribution in [0.25, 0.3) is 0 Å². The number of hydrogen-bond acceptors (Lipinski definition) is 0. The SMILES string of the molecule is CC(C)(C)[Si](C)([Si]=[Si]([Si](Cl)Cl)[Si](C)(C(C)(C)C)C(C)(C)C)C(C)(C)C. The smallest absolute Gasteiger partial charge is 0.147 e. The van der Waals surface area contributed by atoms with Crippen molar-refractivity contribution in [2.75, 3.05) is 0 Å². The van der Waals surface area contributed by atoms with E-state index in [1.54, 1.807) is 0 Å². The molecule has 0 aliphatic rings. The van der Waals surface area contributed by atoms with Gasteiger partial charge < -0.3 is 0 Å². The van der Waals surface area contributed by atoms with Gasteiger partial charge in [-0.3, -0.25) is 0 Å². The molecule has 0 aliphatic heterocycles. The van der Waals surface area contributed by atoms with Gasteiger partial charge in [0.25, 0.3) is 6.93 Å².